The lowest BCUT2D eigenvalue weighted by atomic mass is 9.98. The van der Waals surface area contributed by atoms with E-state index in [1.807, 2.05) is 0 Å². The molecule has 0 aromatic heterocycles. The highest BCUT2D eigenvalue weighted by Gasteiger charge is 2.44. The van der Waals surface area contributed by atoms with Crippen molar-refractivity contribution >= 4 is 5.91 Å². The van der Waals surface area contributed by atoms with Crippen molar-refractivity contribution in [2.45, 2.75) is 236 Å². The van der Waals surface area contributed by atoms with Crippen LogP contribution in [0.15, 0.2) is 24.3 Å². The SMILES string of the molecule is CCCCCCC/C=C/CC/C=C/CCCC(O)C(O)C(COC1OC(CO)C(O)C(O)C1O)NC(=O)C(O)CCCCCCCCCCCCCCCC. The molecule has 1 rings (SSSR count). The number of rotatable bonds is 36. The van der Waals surface area contributed by atoms with Crippen molar-refractivity contribution in [3.8, 4) is 0 Å². The number of ether oxygens (including phenoxy) is 2. The van der Waals surface area contributed by atoms with E-state index in [0.29, 0.717) is 19.3 Å². The second-order valence-electron chi connectivity index (χ2n) is 15.8. The highest BCUT2D eigenvalue weighted by Crippen LogP contribution is 2.23. The van der Waals surface area contributed by atoms with Gasteiger partial charge < -0.3 is 50.5 Å². The molecule has 1 heterocycles. The van der Waals surface area contributed by atoms with Gasteiger partial charge in [0, 0.05) is 0 Å². The first-order valence-corrected chi connectivity index (χ1v) is 22.2. The molecule has 1 saturated heterocycles. The van der Waals surface area contributed by atoms with E-state index < -0.39 is 74.2 Å². The molecule has 0 aromatic rings. The zero-order valence-corrected chi connectivity index (χ0v) is 34.7. The Hall–Kier alpha value is -1.41. The van der Waals surface area contributed by atoms with E-state index >= 15 is 0 Å². The maximum absolute atomic E-state index is 13.0. The van der Waals surface area contributed by atoms with E-state index in [1.54, 1.807) is 0 Å². The predicted octanol–water partition coefficient (Wildman–Crippen LogP) is 6.67. The number of allylic oxidation sites excluding steroid dienone is 4. The van der Waals surface area contributed by atoms with Crippen LogP contribution in [0.25, 0.3) is 0 Å². The molecule has 11 nitrogen and oxygen atoms in total. The van der Waals surface area contributed by atoms with Gasteiger partial charge in [0.1, 0.15) is 36.6 Å². The van der Waals surface area contributed by atoms with Crippen LogP contribution in [0.3, 0.4) is 0 Å². The minimum absolute atomic E-state index is 0.247. The van der Waals surface area contributed by atoms with E-state index in [1.165, 1.54) is 96.3 Å². The summed E-state index contributed by atoms with van der Waals surface area (Å²) >= 11 is 0. The molecule has 1 amide bonds. The van der Waals surface area contributed by atoms with Crippen LogP contribution in [-0.4, -0.2) is 110 Å². The zero-order valence-electron chi connectivity index (χ0n) is 34.7. The highest BCUT2D eigenvalue weighted by molar-refractivity contribution is 5.80. The van der Waals surface area contributed by atoms with Gasteiger partial charge in [-0.15, -0.1) is 0 Å². The Morgan fingerprint density at radius 1 is 0.618 bits per heavy atom. The Morgan fingerprint density at radius 3 is 1.62 bits per heavy atom. The number of hydrogen-bond donors (Lipinski definition) is 8. The Morgan fingerprint density at radius 2 is 1.09 bits per heavy atom. The van der Waals surface area contributed by atoms with Crippen molar-refractivity contribution in [1.29, 1.82) is 0 Å². The number of amides is 1. The first-order chi connectivity index (χ1) is 26.7. The molecular formula is C44H83NO10. The molecule has 0 spiro atoms. The minimum atomic E-state index is -1.67. The number of carbonyl (C=O) groups excluding carboxylic acids is 1. The van der Waals surface area contributed by atoms with Crippen molar-refractivity contribution in [2.24, 2.45) is 0 Å². The van der Waals surface area contributed by atoms with Crippen molar-refractivity contribution in [3.63, 3.8) is 0 Å². The summed E-state index contributed by atoms with van der Waals surface area (Å²) in [7, 11) is 0. The van der Waals surface area contributed by atoms with Crippen LogP contribution >= 0.6 is 0 Å². The van der Waals surface area contributed by atoms with Crippen LogP contribution in [0.4, 0.5) is 0 Å². The molecule has 0 aromatic carbocycles. The van der Waals surface area contributed by atoms with Gasteiger partial charge in [-0.1, -0.05) is 154 Å². The molecule has 9 unspecified atom stereocenters. The van der Waals surface area contributed by atoms with E-state index in [0.717, 1.165) is 38.5 Å². The number of hydrogen-bond acceptors (Lipinski definition) is 10. The van der Waals surface area contributed by atoms with E-state index in [4.69, 9.17) is 9.47 Å². The van der Waals surface area contributed by atoms with Crippen molar-refractivity contribution in [1.82, 2.24) is 5.32 Å². The Balaban J connectivity index is 2.52. The van der Waals surface area contributed by atoms with Crippen molar-refractivity contribution in [2.75, 3.05) is 13.2 Å². The Bertz CT molecular complexity index is 950. The van der Waals surface area contributed by atoms with E-state index in [-0.39, 0.29) is 12.8 Å². The summed E-state index contributed by atoms with van der Waals surface area (Å²) in [4.78, 5) is 13.0. The lowest BCUT2D eigenvalue weighted by Crippen LogP contribution is -2.60. The molecule has 0 aliphatic carbocycles. The van der Waals surface area contributed by atoms with Gasteiger partial charge in [-0.2, -0.15) is 0 Å². The second-order valence-corrected chi connectivity index (χ2v) is 15.8. The molecule has 1 aliphatic rings. The molecule has 9 atom stereocenters. The summed E-state index contributed by atoms with van der Waals surface area (Å²) in [5.74, 6) is -0.711. The van der Waals surface area contributed by atoms with Crippen LogP contribution in [0, 0.1) is 0 Å². The number of aliphatic hydroxyl groups excluding tert-OH is 7. The molecule has 0 radical (unpaired) electrons. The summed E-state index contributed by atoms with van der Waals surface area (Å²) in [6.07, 6.45) is 25.1. The number of unbranched alkanes of at least 4 members (excludes halogenated alkanes) is 20. The molecule has 1 aliphatic heterocycles. The molecule has 1 fully saturated rings. The second kappa shape index (κ2) is 34.6. The maximum atomic E-state index is 13.0. The van der Waals surface area contributed by atoms with E-state index in [2.05, 4.69) is 43.5 Å². The van der Waals surface area contributed by atoms with Gasteiger partial charge in [0.2, 0.25) is 5.91 Å². The lowest BCUT2D eigenvalue weighted by Gasteiger charge is -2.40. The number of carbonyl (C=O) groups is 1. The molecule has 8 N–H and O–H groups in total. The fourth-order valence-corrected chi connectivity index (χ4v) is 6.98. The van der Waals surface area contributed by atoms with Crippen LogP contribution in [0.2, 0.25) is 0 Å². The Labute approximate surface area is 334 Å². The summed E-state index contributed by atoms with van der Waals surface area (Å²) in [6, 6.07) is -1.19. The van der Waals surface area contributed by atoms with Crippen molar-refractivity contribution in [3.05, 3.63) is 24.3 Å². The molecule has 0 saturated carbocycles. The summed E-state index contributed by atoms with van der Waals surface area (Å²) in [5.41, 5.74) is 0. The smallest absolute Gasteiger partial charge is 0.249 e. The first-order valence-electron chi connectivity index (χ1n) is 22.2. The van der Waals surface area contributed by atoms with Gasteiger partial charge in [-0.05, 0) is 51.4 Å². The van der Waals surface area contributed by atoms with Crippen LogP contribution < -0.4 is 5.32 Å². The molecule has 11 heteroatoms. The quantitative estimate of drug-likeness (QED) is 0.0252. The average molecular weight is 786 g/mol. The van der Waals surface area contributed by atoms with Gasteiger partial charge >= 0.3 is 0 Å². The highest BCUT2D eigenvalue weighted by atomic mass is 16.7. The lowest BCUT2D eigenvalue weighted by molar-refractivity contribution is -0.303. The maximum Gasteiger partial charge on any atom is 0.249 e. The van der Waals surface area contributed by atoms with Gasteiger partial charge in [0.05, 0.1) is 25.4 Å². The van der Waals surface area contributed by atoms with Gasteiger partial charge in [-0.25, -0.2) is 0 Å². The minimum Gasteiger partial charge on any atom is -0.394 e. The Kier molecular flexibility index (Phi) is 32.5. The van der Waals surface area contributed by atoms with Crippen LogP contribution in [-0.2, 0) is 14.3 Å². The van der Waals surface area contributed by atoms with Gasteiger partial charge in [0.25, 0.3) is 0 Å². The molecule has 0 bridgehead atoms. The van der Waals surface area contributed by atoms with Crippen LogP contribution in [0.1, 0.15) is 181 Å². The van der Waals surface area contributed by atoms with Crippen molar-refractivity contribution < 1.29 is 50.0 Å². The standard InChI is InChI=1S/C44H83NO10/c1-3-5-7-9-11-13-15-17-19-21-23-25-27-29-31-36(47)39(49)35(34-54-44-42(52)41(51)40(50)38(33-46)55-44)45-43(53)37(48)32-30-28-26-24-22-20-18-16-14-12-10-8-6-4-2/h15,17,23,25,35-42,44,46-52H,3-14,16,18-22,24,26-34H2,1-2H3,(H,45,53)/b17-15+,25-23+. The third-order valence-corrected chi connectivity index (χ3v) is 10.7. The largest absolute Gasteiger partial charge is 0.394 e. The average Bonchev–Trinajstić information content (AvgIpc) is 3.18. The predicted molar refractivity (Wildman–Crippen MR) is 219 cm³/mol. The fourth-order valence-electron chi connectivity index (χ4n) is 6.98. The molecular weight excluding hydrogens is 702 g/mol. The number of aliphatic hydroxyl groups is 7. The summed E-state index contributed by atoms with van der Waals surface area (Å²) in [6.45, 7) is 3.39. The fraction of sp³-hybridized carbons (Fsp3) is 0.886. The normalized spacial score (nSPS) is 22.7. The summed E-state index contributed by atoms with van der Waals surface area (Å²) < 4.78 is 11.0. The van der Waals surface area contributed by atoms with Crippen LogP contribution in [0.5, 0.6) is 0 Å². The van der Waals surface area contributed by atoms with E-state index in [9.17, 15) is 40.5 Å². The summed E-state index contributed by atoms with van der Waals surface area (Å²) in [5, 5.41) is 75.5. The third-order valence-electron chi connectivity index (χ3n) is 10.7. The van der Waals surface area contributed by atoms with Gasteiger partial charge in [0.15, 0.2) is 6.29 Å². The first kappa shape index (κ1) is 51.6. The molecule has 55 heavy (non-hydrogen) atoms. The number of nitrogens with one attached hydrogen (secondary N) is 1. The van der Waals surface area contributed by atoms with Gasteiger partial charge in [-0.3, -0.25) is 4.79 Å². The monoisotopic (exact) mass is 786 g/mol. The zero-order chi connectivity index (χ0) is 40.5. The third kappa shape index (κ3) is 24.9. The molecule has 324 valence electrons. The topological polar surface area (TPSA) is 189 Å².